The van der Waals surface area contributed by atoms with Crippen molar-refractivity contribution in [2.45, 2.75) is 375 Å². The van der Waals surface area contributed by atoms with E-state index in [2.05, 4.69) is 55.4 Å². The maximum atomic E-state index is 13.0. The molecule has 91 heavy (non-hydrogen) atoms. The molecule has 3 N–H and O–H groups in total. The normalized spacial score (nSPS) is 14.5. The van der Waals surface area contributed by atoms with E-state index in [0.29, 0.717) is 37.5 Å². The van der Waals surface area contributed by atoms with Crippen molar-refractivity contribution in [3.05, 3.63) is 0 Å². The molecular formula is C72H140O17P2. The second kappa shape index (κ2) is 61.6. The van der Waals surface area contributed by atoms with Gasteiger partial charge in [0.25, 0.3) is 0 Å². The molecule has 0 aromatic carbocycles. The lowest BCUT2D eigenvalue weighted by Gasteiger charge is -2.21. The average Bonchev–Trinajstić information content (AvgIpc) is 3.06. The monoisotopic (exact) mass is 1340 g/mol. The van der Waals surface area contributed by atoms with Crippen molar-refractivity contribution in [3.63, 3.8) is 0 Å². The third-order valence-electron chi connectivity index (χ3n) is 16.9. The highest BCUT2D eigenvalue weighted by Gasteiger charge is 2.30. The Balaban J connectivity index is 5.14. The van der Waals surface area contributed by atoms with Gasteiger partial charge < -0.3 is 33.8 Å². The number of aliphatic hydroxyl groups is 1. The molecule has 0 aromatic heterocycles. The van der Waals surface area contributed by atoms with E-state index < -0.39 is 97.5 Å². The van der Waals surface area contributed by atoms with E-state index in [4.69, 9.17) is 37.0 Å². The number of phosphoric acid groups is 2. The van der Waals surface area contributed by atoms with Crippen LogP contribution in [0.5, 0.6) is 0 Å². The van der Waals surface area contributed by atoms with E-state index in [1.54, 1.807) is 0 Å². The Hall–Kier alpha value is -1.94. The van der Waals surface area contributed by atoms with Gasteiger partial charge in [0.1, 0.15) is 19.3 Å². The molecule has 0 aliphatic heterocycles. The molecule has 0 aliphatic rings. The molecule has 19 heteroatoms. The van der Waals surface area contributed by atoms with Crippen LogP contribution in [0.15, 0.2) is 0 Å². The summed E-state index contributed by atoms with van der Waals surface area (Å²) in [5, 5.41) is 10.6. The van der Waals surface area contributed by atoms with Gasteiger partial charge in [0, 0.05) is 25.7 Å². The van der Waals surface area contributed by atoms with Gasteiger partial charge in [-0.3, -0.25) is 37.3 Å². The molecule has 0 spiro atoms. The summed E-state index contributed by atoms with van der Waals surface area (Å²) in [6.07, 6.45) is 44.9. The van der Waals surface area contributed by atoms with Crippen LogP contribution < -0.4 is 0 Å². The van der Waals surface area contributed by atoms with E-state index in [1.807, 2.05) is 0 Å². The molecule has 0 rings (SSSR count). The summed E-state index contributed by atoms with van der Waals surface area (Å²) < 4.78 is 68.2. The van der Waals surface area contributed by atoms with E-state index in [1.165, 1.54) is 154 Å². The van der Waals surface area contributed by atoms with Gasteiger partial charge in [0.2, 0.25) is 0 Å². The highest BCUT2D eigenvalue weighted by Crippen LogP contribution is 2.45. The van der Waals surface area contributed by atoms with Crippen molar-refractivity contribution in [1.29, 1.82) is 0 Å². The molecule has 0 aliphatic carbocycles. The molecule has 540 valence electrons. The second-order valence-corrected chi connectivity index (χ2v) is 30.6. The second-order valence-electron chi connectivity index (χ2n) is 27.6. The number of unbranched alkanes of at least 4 members (excludes halogenated alkanes) is 34. The summed E-state index contributed by atoms with van der Waals surface area (Å²) in [6, 6.07) is 0. The van der Waals surface area contributed by atoms with Gasteiger partial charge in [-0.15, -0.1) is 0 Å². The standard InChI is InChI=1S/C72H140O17P2/c1-9-65(8)51-43-35-25-22-23-26-36-44-52-69(74)82-58-68(89-72(77)55-47-39-31-29-34-42-50-64(6)7)61-87-91(80,81)85-57-66(73)56-84-90(78,79)86-60-67(59-83-70(75)53-45-37-30-28-33-41-49-63(4)5)88-71(76)54-46-38-27-21-19-17-15-13-11-10-12-14-16-18-20-24-32-40-48-62(2)3/h62-68,73H,9-61H2,1-8H3,(H,78,79)(H,80,81)/t65?,66?,67-,68-/m1/s1. The van der Waals surface area contributed by atoms with Gasteiger partial charge in [-0.1, -0.05) is 306 Å². The first-order chi connectivity index (χ1) is 43.6. The van der Waals surface area contributed by atoms with Crippen molar-refractivity contribution < 1.29 is 80.2 Å². The SMILES string of the molecule is CCC(C)CCCCCCCCCCC(=O)OC[C@H](COP(=O)(O)OCC(O)COP(=O)(O)OC[C@@H](COC(=O)CCCCCCCCC(C)C)OC(=O)CCCCCCCCCCCCCCCCCCCCC(C)C)OC(=O)CCCCCCCCC(C)C. The van der Waals surface area contributed by atoms with Crippen molar-refractivity contribution >= 4 is 39.5 Å². The highest BCUT2D eigenvalue weighted by atomic mass is 31.2. The largest absolute Gasteiger partial charge is 0.472 e. The summed E-state index contributed by atoms with van der Waals surface area (Å²) in [4.78, 5) is 72.5. The van der Waals surface area contributed by atoms with E-state index in [9.17, 15) is 43.2 Å². The fraction of sp³-hybridized carbons (Fsp3) is 0.944. The van der Waals surface area contributed by atoms with Gasteiger partial charge in [-0.2, -0.15) is 0 Å². The third-order valence-corrected chi connectivity index (χ3v) is 18.8. The number of hydrogen-bond acceptors (Lipinski definition) is 15. The van der Waals surface area contributed by atoms with Crippen LogP contribution in [0, 0.1) is 23.7 Å². The zero-order chi connectivity index (χ0) is 67.5. The van der Waals surface area contributed by atoms with Crippen LogP contribution in [0.25, 0.3) is 0 Å². The molecule has 0 bridgehead atoms. The predicted molar refractivity (Wildman–Crippen MR) is 367 cm³/mol. The fourth-order valence-electron chi connectivity index (χ4n) is 10.8. The first-order valence-corrected chi connectivity index (χ1v) is 40.2. The summed E-state index contributed by atoms with van der Waals surface area (Å²) in [5.74, 6) is 0.812. The number of aliphatic hydroxyl groups excluding tert-OH is 1. The molecule has 0 heterocycles. The van der Waals surface area contributed by atoms with Crippen LogP contribution in [-0.2, 0) is 65.4 Å². The van der Waals surface area contributed by atoms with Crippen LogP contribution in [0.1, 0.15) is 357 Å². The number of rotatable bonds is 69. The third kappa shape index (κ3) is 65.1. The number of esters is 4. The molecule has 4 unspecified atom stereocenters. The minimum Gasteiger partial charge on any atom is -0.462 e. The van der Waals surface area contributed by atoms with Crippen LogP contribution in [-0.4, -0.2) is 96.7 Å². The Morgan fingerprint density at radius 2 is 0.527 bits per heavy atom. The summed E-state index contributed by atoms with van der Waals surface area (Å²) >= 11 is 0. The molecule has 0 radical (unpaired) electrons. The van der Waals surface area contributed by atoms with Crippen LogP contribution >= 0.6 is 15.6 Å². The quantitative estimate of drug-likeness (QED) is 0.0222. The van der Waals surface area contributed by atoms with E-state index in [-0.39, 0.29) is 25.7 Å². The molecule has 0 aromatic rings. The average molecular weight is 1340 g/mol. The number of hydrogen-bond donors (Lipinski definition) is 3. The number of phosphoric ester groups is 2. The topological polar surface area (TPSA) is 237 Å². The smallest absolute Gasteiger partial charge is 0.462 e. The Bertz CT molecular complexity index is 1800. The van der Waals surface area contributed by atoms with Gasteiger partial charge in [-0.05, 0) is 49.4 Å². The van der Waals surface area contributed by atoms with Gasteiger partial charge in [-0.25, -0.2) is 9.13 Å². The van der Waals surface area contributed by atoms with Crippen molar-refractivity contribution in [2.75, 3.05) is 39.6 Å². The van der Waals surface area contributed by atoms with Gasteiger partial charge in [0.05, 0.1) is 26.4 Å². The van der Waals surface area contributed by atoms with Gasteiger partial charge >= 0.3 is 39.5 Å². The Labute approximate surface area is 556 Å². The number of carbonyl (C=O) groups excluding carboxylic acids is 4. The molecular weight excluding hydrogens is 1200 g/mol. The van der Waals surface area contributed by atoms with E-state index in [0.717, 1.165) is 108 Å². The van der Waals surface area contributed by atoms with Crippen LogP contribution in [0.3, 0.4) is 0 Å². The maximum absolute atomic E-state index is 13.0. The van der Waals surface area contributed by atoms with Crippen LogP contribution in [0.4, 0.5) is 0 Å². The minimum atomic E-state index is -4.95. The Kier molecular flexibility index (Phi) is 60.3. The predicted octanol–water partition coefficient (Wildman–Crippen LogP) is 20.5. The lowest BCUT2D eigenvalue weighted by atomic mass is 9.99. The zero-order valence-corrected chi connectivity index (χ0v) is 61.3. The number of carbonyl (C=O) groups is 4. The van der Waals surface area contributed by atoms with Crippen molar-refractivity contribution in [1.82, 2.24) is 0 Å². The first kappa shape index (κ1) is 89.1. The van der Waals surface area contributed by atoms with Crippen LogP contribution in [0.2, 0.25) is 0 Å². The zero-order valence-electron chi connectivity index (χ0n) is 59.5. The highest BCUT2D eigenvalue weighted by molar-refractivity contribution is 7.47. The summed E-state index contributed by atoms with van der Waals surface area (Å²) in [5.41, 5.74) is 0. The fourth-order valence-corrected chi connectivity index (χ4v) is 12.4. The summed E-state index contributed by atoms with van der Waals surface area (Å²) in [7, 11) is -9.90. The number of ether oxygens (including phenoxy) is 4. The summed E-state index contributed by atoms with van der Waals surface area (Å²) in [6.45, 7) is 14.0. The van der Waals surface area contributed by atoms with E-state index >= 15 is 0 Å². The first-order valence-electron chi connectivity index (χ1n) is 37.2. The van der Waals surface area contributed by atoms with Gasteiger partial charge in [0.15, 0.2) is 12.2 Å². The lowest BCUT2D eigenvalue weighted by molar-refractivity contribution is -0.161. The maximum Gasteiger partial charge on any atom is 0.472 e. The molecule has 0 saturated heterocycles. The minimum absolute atomic E-state index is 0.101. The molecule has 0 fully saturated rings. The lowest BCUT2D eigenvalue weighted by Crippen LogP contribution is -2.30. The molecule has 17 nitrogen and oxygen atoms in total. The molecule has 0 saturated carbocycles. The Morgan fingerprint density at radius 1 is 0.308 bits per heavy atom. The molecule has 6 atom stereocenters. The van der Waals surface area contributed by atoms with Crippen molar-refractivity contribution in [3.8, 4) is 0 Å². The molecule has 0 amide bonds. The Morgan fingerprint density at radius 3 is 0.780 bits per heavy atom. The van der Waals surface area contributed by atoms with Crippen molar-refractivity contribution in [2.24, 2.45) is 23.7 Å².